The van der Waals surface area contributed by atoms with E-state index in [2.05, 4.69) is 27.7 Å². The van der Waals surface area contributed by atoms with Gasteiger partial charge in [-0.05, 0) is 11.8 Å². The highest BCUT2D eigenvalue weighted by atomic mass is 27.0. The second-order valence-corrected chi connectivity index (χ2v) is 2.74. The molecule has 0 aliphatic carbocycles. The first-order chi connectivity index (χ1) is 3.68. The zero-order chi connectivity index (χ0) is 6.57. The van der Waals surface area contributed by atoms with Gasteiger partial charge in [-0.15, -0.1) is 0 Å². The van der Waals surface area contributed by atoms with Gasteiger partial charge < -0.3 is 0 Å². The SMILES string of the molecule is [AlH3].[CH2]C(C)C(C)CCC. The molecule has 1 radical (unpaired) electrons. The van der Waals surface area contributed by atoms with Gasteiger partial charge in [0.15, 0.2) is 17.4 Å². The van der Waals surface area contributed by atoms with E-state index in [1.807, 2.05) is 0 Å². The molecule has 0 nitrogen and oxygen atoms in total. The third-order valence-electron chi connectivity index (χ3n) is 1.72. The van der Waals surface area contributed by atoms with E-state index in [1.165, 1.54) is 12.8 Å². The van der Waals surface area contributed by atoms with Crippen LogP contribution in [0.15, 0.2) is 0 Å². The standard InChI is InChI=1S/C8H17.Al.3H/c1-5-6-8(4)7(2)3;;;;/h7-8H,2,5-6H2,1,3-4H3;;;;. The Morgan fingerprint density at radius 1 is 1.33 bits per heavy atom. The molecule has 0 amide bonds. The summed E-state index contributed by atoms with van der Waals surface area (Å²) in [6.45, 7) is 10.6. The Bertz CT molecular complexity index is 50.5. The molecule has 0 spiro atoms. The lowest BCUT2D eigenvalue weighted by atomic mass is 9.94. The van der Waals surface area contributed by atoms with E-state index in [0.29, 0.717) is 5.92 Å². The Balaban J connectivity index is 0. The third-order valence-corrected chi connectivity index (χ3v) is 1.72. The molecule has 0 saturated carbocycles. The van der Waals surface area contributed by atoms with Crippen LogP contribution in [0.25, 0.3) is 0 Å². The highest BCUT2D eigenvalue weighted by molar-refractivity contribution is 5.75. The monoisotopic (exact) mass is 143 g/mol. The van der Waals surface area contributed by atoms with Crippen LogP contribution in [0, 0.1) is 18.8 Å². The fourth-order valence-electron chi connectivity index (χ4n) is 0.740. The Kier molecular flexibility index (Phi) is 9.04. The maximum atomic E-state index is 3.96. The van der Waals surface area contributed by atoms with Crippen molar-refractivity contribution in [3.05, 3.63) is 6.92 Å². The summed E-state index contributed by atoms with van der Waals surface area (Å²) in [5, 5.41) is 0. The van der Waals surface area contributed by atoms with Gasteiger partial charge in [0.25, 0.3) is 0 Å². The van der Waals surface area contributed by atoms with Crippen LogP contribution in [0.5, 0.6) is 0 Å². The molecular weight excluding hydrogens is 123 g/mol. The van der Waals surface area contributed by atoms with Gasteiger partial charge in [-0.25, -0.2) is 0 Å². The lowest BCUT2D eigenvalue weighted by molar-refractivity contribution is 0.421. The Labute approximate surface area is 70.2 Å². The summed E-state index contributed by atoms with van der Waals surface area (Å²) in [5.41, 5.74) is 0. The fourth-order valence-corrected chi connectivity index (χ4v) is 0.740. The summed E-state index contributed by atoms with van der Waals surface area (Å²) in [6.07, 6.45) is 2.62. The van der Waals surface area contributed by atoms with Crippen molar-refractivity contribution >= 4 is 17.4 Å². The summed E-state index contributed by atoms with van der Waals surface area (Å²) in [5.74, 6) is 1.43. The van der Waals surface area contributed by atoms with Crippen molar-refractivity contribution in [2.45, 2.75) is 33.6 Å². The maximum Gasteiger partial charge on any atom is 0.187 e. The lowest BCUT2D eigenvalue weighted by Gasteiger charge is -2.12. The van der Waals surface area contributed by atoms with Crippen molar-refractivity contribution in [3.8, 4) is 0 Å². The van der Waals surface area contributed by atoms with Crippen molar-refractivity contribution in [1.82, 2.24) is 0 Å². The topological polar surface area (TPSA) is 0 Å². The molecule has 0 aromatic heterocycles. The van der Waals surface area contributed by atoms with Gasteiger partial charge in [0, 0.05) is 0 Å². The summed E-state index contributed by atoms with van der Waals surface area (Å²) in [7, 11) is 0. The molecular formula is C8H20Al. The van der Waals surface area contributed by atoms with Crippen LogP contribution in [-0.4, -0.2) is 17.4 Å². The summed E-state index contributed by atoms with van der Waals surface area (Å²) < 4.78 is 0. The zero-order valence-corrected chi connectivity index (χ0v) is 6.28. The minimum absolute atomic E-state index is 0. The maximum absolute atomic E-state index is 3.96. The van der Waals surface area contributed by atoms with Gasteiger partial charge in [-0.3, -0.25) is 0 Å². The van der Waals surface area contributed by atoms with E-state index in [-0.39, 0.29) is 17.4 Å². The van der Waals surface area contributed by atoms with Crippen molar-refractivity contribution < 1.29 is 0 Å². The largest absolute Gasteiger partial charge is 0.187 e. The van der Waals surface area contributed by atoms with E-state index in [9.17, 15) is 0 Å². The summed E-state index contributed by atoms with van der Waals surface area (Å²) in [6, 6.07) is 0. The van der Waals surface area contributed by atoms with Gasteiger partial charge >= 0.3 is 0 Å². The molecule has 0 aliphatic heterocycles. The van der Waals surface area contributed by atoms with Crippen molar-refractivity contribution in [1.29, 1.82) is 0 Å². The molecule has 0 bridgehead atoms. The average molecular weight is 143 g/mol. The minimum atomic E-state index is 0. The minimum Gasteiger partial charge on any atom is -0.0654 e. The summed E-state index contributed by atoms with van der Waals surface area (Å²) >= 11 is 0. The molecule has 0 saturated heterocycles. The first-order valence-corrected chi connectivity index (χ1v) is 3.51. The molecule has 0 aliphatic rings. The first-order valence-electron chi connectivity index (χ1n) is 3.51. The third kappa shape index (κ3) is 6.42. The Morgan fingerprint density at radius 2 is 1.78 bits per heavy atom. The van der Waals surface area contributed by atoms with Crippen LogP contribution in [0.1, 0.15) is 33.6 Å². The molecule has 1 heteroatoms. The molecule has 0 aromatic carbocycles. The van der Waals surface area contributed by atoms with Gasteiger partial charge in [0.05, 0.1) is 0 Å². The molecule has 9 heavy (non-hydrogen) atoms. The predicted molar refractivity (Wildman–Crippen MR) is 48.5 cm³/mol. The van der Waals surface area contributed by atoms with Gasteiger partial charge in [0.2, 0.25) is 0 Å². The van der Waals surface area contributed by atoms with Gasteiger partial charge in [-0.2, -0.15) is 0 Å². The van der Waals surface area contributed by atoms with E-state index in [4.69, 9.17) is 0 Å². The lowest BCUT2D eigenvalue weighted by Crippen LogP contribution is -2.02. The number of rotatable bonds is 3. The smallest absolute Gasteiger partial charge is 0.0654 e. The van der Waals surface area contributed by atoms with E-state index < -0.39 is 0 Å². The van der Waals surface area contributed by atoms with E-state index >= 15 is 0 Å². The first kappa shape index (κ1) is 12.2. The van der Waals surface area contributed by atoms with Crippen LogP contribution >= 0.6 is 0 Å². The highest BCUT2D eigenvalue weighted by Gasteiger charge is 2.03. The molecule has 55 valence electrons. The van der Waals surface area contributed by atoms with Crippen molar-refractivity contribution in [3.63, 3.8) is 0 Å². The fraction of sp³-hybridized carbons (Fsp3) is 0.875. The van der Waals surface area contributed by atoms with E-state index in [0.717, 1.165) is 5.92 Å². The second kappa shape index (κ2) is 6.65. The molecule has 2 unspecified atom stereocenters. The molecule has 0 aromatic rings. The number of hydrogen-bond acceptors (Lipinski definition) is 0. The Morgan fingerprint density at radius 3 is 1.89 bits per heavy atom. The highest BCUT2D eigenvalue weighted by Crippen LogP contribution is 2.14. The quantitative estimate of drug-likeness (QED) is 0.528. The molecule has 2 atom stereocenters. The van der Waals surface area contributed by atoms with Crippen LogP contribution in [0.4, 0.5) is 0 Å². The van der Waals surface area contributed by atoms with Crippen LogP contribution in [0.2, 0.25) is 0 Å². The normalized spacial score (nSPS) is 13.0. The van der Waals surface area contributed by atoms with Crippen molar-refractivity contribution in [2.24, 2.45) is 11.8 Å². The summed E-state index contributed by atoms with van der Waals surface area (Å²) in [4.78, 5) is 0. The van der Waals surface area contributed by atoms with Gasteiger partial charge in [-0.1, -0.05) is 40.5 Å². The van der Waals surface area contributed by atoms with Gasteiger partial charge in [0.1, 0.15) is 0 Å². The second-order valence-electron chi connectivity index (χ2n) is 2.74. The Hall–Kier alpha value is 0.532. The van der Waals surface area contributed by atoms with Crippen LogP contribution in [0.3, 0.4) is 0 Å². The van der Waals surface area contributed by atoms with E-state index in [1.54, 1.807) is 0 Å². The predicted octanol–water partition coefficient (Wildman–Crippen LogP) is 1.71. The van der Waals surface area contributed by atoms with Crippen molar-refractivity contribution in [2.75, 3.05) is 0 Å². The molecule has 0 N–H and O–H groups in total. The molecule has 0 fully saturated rings. The molecule has 0 heterocycles. The number of hydrogen-bond donors (Lipinski definition) is 0. The average Bonchev–Trinajstić information content (AvgIpc) is 1.67. The van der Waals surface area contributed by atoms with Crippen LogP contribution < -0.4 is 0 Å². The zero-order valence-electron chi connectivity index (χ0n) is 6.28. The van der Waals surface area contributed by atoms with Crippen LogP contribution in [-0.2, 0) is 0 Å². The molecule has 0 rings (SSSR count).